The Labute approximate surface area is 203 Å². The van der Waals surface area contributed by atoms with Crippen LogP contribution in [0.4, 0.5) is 0 Å². The first-order valence-corrected chi connectivity index (χ1v) is 12.4. The highest BCUT2D eigenvalue weighted by Crippen LogP contribution is 2.50. The summed E-state index contributed by atoms with van der Waals surface area (Å²) in [7, 11) is 3.24. The maximum atomic E-state index is 13.5. The predicted molar refractivity (Wildman–Crippen MR) is 135 cm³/mol. The van der Waals surface area contributed by atoms with Gasteiger partial charge in [-0.05, 0) is 60.1 Å². The average molecular weight is 464 g/mol. The van der Waals surface area contributed by atoms with E-state index in [0.29, 0.717) is 30.4 Å². The van der Waals surface area contributed by atoms with Crippen molar-refractivity contribution in [3.63, 3.8) is 0 Å². The number of amides is 1. The van der Waals surface area contributed by atoms with Gasteiger partial charge in [0.2, 0.25) is 5.91 Å². The first kappa shape index (κ1) is 24.3. The molecule has 5 heteroatoms. The molecule has 2 fully saturated rings. The highest BCUT2D eigenvalue weighted by atomic mass is 16.5. The molecule has 1 N–H and O–H groups in total. The van der Waals surface area contributed by atoms with Gasteiger partial charge >= 0.3 is 0 Å². The number of carbonyl (C=O) groups excluding carboxylic acids is 1. The summed E-state index contributed by atoms with van der Waals surface area (Å²) in [5, 5.41) is 11.5. The van der Waals surface area contributed by atoms with E-state index in [0.717, 1.165) is 36.8 Å². The van der Waals surface area contributed by atoms with E-state index in [1.54, 1.807) is 20.3 Å². The molecule has 1 heterocycles. The molecule has 2 aromatic rings. The Morgan fingerprint density at radius 2 is 1.79 bits per heavy atom. The van der Waals surface area contributed by atoms with Crippen LogP contribution in [-0.4, -0.2) is 42.3 Å². The fourth-order valence-corrected chi connectivity index (χ4v) is 5.63. The van der Waals surface area contributed by atoms with Crippen LogP contribution in [-0.2, 0) is 4.79 Å². The van der Waals surface area contributed by atoms with Gasteiger partial charge in [-0.25, -0.2) is 0 Å². The lowest BCUT2D eigenvalue weighted by atomic mass is 9.66. The largest absolute Gasteiger partial charge is 0.493 e. The first-order valence-electron chi connectivity index (χ1n) is 12.4. The van der Waals surface area contributed by atoms with Crippen molar-refractivity contribution in [2.45, 2.75) is 63.5 Å². The number of carbonyl (C=O) groups is 1. The summed E-state index contributed by atoms with van der Waals surface area (Å²) in [5.74, 6) is 1.74. The summed E-state index contributed by atoms with van der Waals surface area (Å²) in [6.07, 6.45) is 7.97. The van der Waals surface area contributed by atoms with Crippen LogP contribution in [0.2, 0.25) is 0 Å². The average Bonchev–Trinajstić information content (AvgIpc) is 2.86. The maximum absolute atomic E-state index is 13.5. The lowest BCUT2D eigenvalue weighted by molar-refractivity contribution is -0.150. The third-order valence-corrected chi connectivity index (χ3v) is 7.62. The zero-order valence-corrected chi connectivity index (χ0v) is 20.8. The van der Waals surface area contributed by atoms with Crippen LogP contribution in [0.3, 0.4) is 0 Å². The molecule has 1 amide bonds. The van der Waals surface area contributed by atoms with E-state index < -0.39 is 5.60 Å². The quantitative estimate of drug-likeness (QED) is 0.556. The highest BCUT2D eigenvalue weighted by Gasteiger charge is 2.50. The Hall–Kier alpha value is -2.79. The van der Waals surface area contributed by atoms with E-state index in [1.807, 2.05) is 29.2 Å². The lowest BCUT2D eigenvalue weighted by Crippen LogP contribution is -2.56. The molecule has 1 aliphatic heterocycles. The minimum Gasteiger partial charge on any atom is -0.493 e. The Bertz CT molecular complexity index is 1030. The molecule has 4 rings (SSSR count). The molecule has 0 bridgehead atoms. The zero-order chi connectivity index (χ0) is 24.3. The minimum absolute atomic E-state index is 0.00391. The smallest absolute Gasteiger partial charge is 0.247 e. The van der Waals surface area contributed by atoms with E-state index in [9.17, 15) is 9.90 Å². The summed E-state index contributed by atoms with van der Waals surface area (Å²) in [6, 6.07) is 14.0. The molecular weight excluding hydrogens is 426 g/mol. The van der Waals surface area contributed by atoms with Gasteiger partial charge in [0.25, 0.3) is 0 Å². The monoisotopic (exact) mass is 463 g/mol. The number of piperidine rings is 1. The normalized spacial score (nSPS) is 24.8. The molecule has 1 saturated carbocycles. The van der Waals surface area contributed by atoms with E-state index in [-0.39, 0.29) is 17.9 Å². The van der Waals surface area contributed by atoms with Crippen molar-refractivity contribution < 1.29 is 19.4 Å². The van der Waals surface area contributed by atoms with Crippen LogP contribution in [0.5, 0.6) is 11.5 Å². The van der Waals surface area contributed by atoms with Gasteiger partial charge in [-0.1, -0.05) is 57.0 Å². The Morgan fingerprint density at radius 3 is 2.47 bits per heavy atom. The predicted octanol–water partition coefficient (Wildman–Crippen LogP) is 5.74. The molecule has 34 heavy (non-hydrogen) atoms. The standard InChI is InChI=1S/C29H37NO4/c1-20(2)22-11-8-21(9-12-22)10-15-27(31)30-18-17-29(32)16-6-5-7-24(29)28(30)23-13-14-25(33-3)26(19-23)34-4/h8-15,19-20,24,28,32H,5-7,16-18H2,1-4H3/b15-10+/t24-,28-,29-/m0/s1. The number of hydrogen-bond donors (Lipinski definition) is 1. The van der Waals surface area contributed by atoms with Gasteiger partial charge in [-0.15, -0.1) is 0 Å². The lowest BCUT2D eigenvalue weighted by Gasteiger charge is -2.52. The van der Waals surface area contributed by atoms with Crippen LogP contribution in [0, 0.1) is 5.92 Å². The summed E-state index contributed by atoms with van der Waals surface area (Å²) in [5.41, 5.74) is 2.53. The molecular formula is C29H37NO4. The second-order valence-corrected chi connectivity index (χ2v) is 9.95. The molecule has 1 saturated heterocycles. The SMILES string of the molecule is COc1ccc([C@H]2[C@@H]3CCCC[C@]3(O)CCN2C(=O)/C=C/c2ccc(C(C)C)cc2)cc1OC. The number of ether oxygens (including phenoxy) is 2. The molecule has 0 unspecified atom stereocenters. The van der Waals surface area contributed by atoms with Crippen molar-refractivity contribution >= 4 is 12.0 Å². The van der Waals surface area contributed by atoms with Crippen LogP contribution in [0.25, 0.3) is 6.08 Å². The van der Waals surface area contributed by atoms with Gasteiger partial charge in [0.1, 0.15) is 0 Å². The molecule has 3 atom stereocenters. The molecule has 0 radical (unpaired) electrons. The number of hydrogen-bond acceptors (Lipinski definition) is 4. The number of methoxy groups -OCH3 is 2. The fourth-order valence-electron chi connectivity index (χ4n) is 5.63. The van der Waals surface area contributed by atoms with Crippen molar-refractivity contribution in [2.24, 2.45) is 5.92 Å². The highest BCUT2D eigenvalue weighted by molar-refractivity contribution is 5.92. The Balaban J connectivity index is 1.65. The Kier molecular flexibility index (Phi) is 7.32. The third-order valence-electron chi connectivity index (χ3n) is 7.62. The van der Waals surface area contributed by atoms with Gasteiger partial charge < -0.3 is 19.5 Å². The fraction of sp³-hybridized carbons (Fsp3) is 0.483. The van der Waals surface area contributed by atoms with Crippen molar-refractivity contribution in [3.05, 3.63) is 65.2 Å². The second-order valence-electron chi connectivity index (χ2n) is 9.95. The molecule has 2 aliphatic rings. The van der Waals surface area contributed by atoms with Crippen LogP contribution in [0.15, 0.2) is 48.5 Å². The third kappa shape index (κ3) is 4.85. The number of rotatable bonds is 6. The van der Waals surface area contributed by atoms with E-state index >= 15 is 0 Å². The summed E-state index contributed by atoms with van der Waals surface area (Å²) in [4.78, 5) is 15.4. The summed E-state index contributed by atoms with van der Waals surface area (Å²) in [6.45, 7) is 4.87. The molecule has 2 aromatic carbocycles. The molecule has 182 valence electrons. The van der Waals surface area contributed by atoms with Crippen LogP contribution >= 0.6 is 0 Å². The van der Waals surface area contributed by atoms with Crippen molar-refractivity contribution in [2.75, 3.05) is 20.8 Å². The van der Waals surface area contributed by atoms with Crippen molar-refractivity contribution in [1.82, 2.24) is 4.90 Å². The van der Waals surface area contributed by atoms with E-state index in [2.05, 4.69) is 38.1 Å². The van der Waals surface area contributed by atoms with Gasteiger partial charge in [-0.2, -0.15) is 0 Å². The maximum Gasteiger partial charge on any atom is 0.247 e. The van der Waals surface area contributed by atoms with Gasteiger partial charge in [0, 0.05) is 18.5 Å². The van der Waals surface area contributed by atoms with Gasteiger partial charge in [0.05, 0.1) is 25.9 Å². The van der Waals surface area contributed by atoms with E-state index in [1.165, 1.54) is 5.56 Å². The number of likely N-dealkylation sites (tertiary alicyclic amines) is 1. The van der Waals surface area contributed by atoms with Crippen LogP contribution in [0.1, 0.15) is 74.6 Å². The van der Waals surface area contributed by atoms with Crippen molar-refractivity contribution in [1.29, 1.82) is 0 Å². The number of fused-ring (bicyclic) bond motifs is 1. The molecule has 1 aliphatic carbocycles. The van der Waals surface area contributed by atoms with Crippen molar-refractivity contribution in [3.8, 4) is 11.5 Å². The molecule has 0 aromatic heterocycles. The Morgan fingerprint density at radius 1 is 1.06 bits per heavy atom. The summed E-state index contributed by atoms with van der Waals surface area (Å²) < 4.78 is 11.0. The van der Waals surface area contributed by atoms with Crippen LogP contribution < -0.4 is 9.47 Å². The first-order chi connectivity index (χ1) is 16.4. The summed E-state index contributed by atoms with van der Waals surface area (Å²) >= 11 is 0. The minimum atomic E-state index is -0.733. The van der Waals surface area contributed by atoms with E-state index in [4.69, 9.17) is 9.47 Å². The number of benzene rings is 2. The van der Waals surface area contributed by atoms with Gasteiger partial charge in [0.15, 0.2) is 11.5 Å². The molecule has 0 spiro atoms. The zero-order valence-electron chi connectivity index (χ0n) is 20.8. The number of aliphatic hydroxyl groups is 1. The number of nitrogens with zero attached hydrogens (tertiary/aromatic N) is 1. The van der Waals surface area contributed by atoms with Gasteiger partial charge in [-0.3, -0.25) is 4.79 Å². The second kappa shape index (κ2) is 10.2. The topological polar surface area (TPSA) is 59.0 Å². The molecule has 5 nitrogen and oxygen atoms in total.